The zero-order chi connectivity index (χ0) is 7.56. The van der Waals surface area contributed by atoms with Gasteiger partial charge in [-0.1, -0.05) is 5.92 Å². The molecule has 0 saturated carbocycles. The van der Waals surface area contributed by atoms with E-state index in [0.717, 1.165) is 8.45 Å². The Balaban J connectivity index is 2.96. The van der Waals surface area contributed by atoms with Gasteiger partial charge in [0.2, 0.25) is 0 Å². The standard InChI is InChI=1S/C7H6INS/c1-2-6(9)7-5(8)3-4-10-7/h1,3-4,6H,9H2. The Morgan fingerprint density at radius 2 is 2.50 bits per heavy atom. The number of thiophene rings is 1. The fourth-order valence-electron chi connectivity index (χ4n) is 0.603. The molecule has 2 N–H and O–H groups in total. The van der Waals surface area contributed by atoms with Crippen molar-refractivity contribution >= 4 is 33.9 Å². The van der Waals surface area contributed by atoms with Gasteiger partial charge in [-0.15, -0.1) is 17.8 Å². The van der Waals surface area contributed by atoms with E-state index in [-0.39, 0.29) is 6.04 Å². The highest BCUT2D eigenvalue weighted by Gasteiger charge is 2.06. The first-order valence-electron chi connectivity index (χ1n) is 2.70. The van der Waals surface area contributed by atoms with Gasteiger partial charge in [0.15, 0.2) is 0 Å². The van der Waals surface area contributed by atoms with Gasteiger partial charge < -0.3 is 5.73 Å². The van der Waals surface area contributed by atoms with E-state index in [9.17, 15) is 0 Å². The first kappa shape index (κ1) is 8.05. The predicted octanol–water partition coefficient (Wildman–Crippen LogP) is 1.99. The van der Waals surface area contributed by atoms with E-state index in [0.29, 0.717) is 0 Å². The molecule has 1 atom stereocenters. The summed E-state index contributed by atoms with van der Waals surface area (Å²) in [5, 5.41) is 1.99. The molecular formula is C7H6INS. The molecule has 1 unspecified atom stereocenters. The number of rotatable bonds is 1. The molecule has 0 saturated heterocycles. The summed E-state index contributed by atoms with van der Waals surface area (Å²) in [7, 11) is 0. The van der Waals surface area contributed by atoms with E-state index in [1.807, 2.05) is 11.4 Å². The number of halogens is 1. The third-order valence-electron chi connectivity index (χ3n) is 1.11. The summed E-state index contributed by atoms with van der Waals surface area (Å²) in [6.07, 6.45) is 5.16. The molecule has 0 spiro atoms. The molecule has 1 aromatic heterocycles. The largest absolute Gasteiger partial charge is 0.313 e. The van der Waals surface area contributed by atoms with Gasteiger partial charge in [-0.25, -0.2) is 0 Å². The first-order valence-corrected chi connectivity index (χ1v) is 4.66. The Labute approximate surface area is 77.8 Å². The second kappa shape index (κ2) is 3.37. The van der Waals surface area contributed by atoms with E-state index in [1.165, 1.54) is 0 Å². The molecular weight excluding hydrogens is 257 g/mol. The lowest BCUT2D eigenvalue weighted by atomic mass is 10.3. The number of hydrogen-bond donors (Lipinski definition) is 1. The first-order chi connectivity index (χ1) is 4.75. The molecule has 1 heterocycles. The molecule has 0 fully saturated rings. The van der Waals surface area contributed by atoms with E-state index < -0.39 is 0 Å². The van der Waals surface area contributed by atoms with Gasteiger partial charge >= 0.3 is 0 Å². The van der Waals surface area contributed by atoms with Crippen LogP contribution in [-0.4, -0.2) is 0 Å². The smallest absolute Gasteiger partial charge is 0.102 e. The summed E-state index contributed by atoms with van der Waals surface area (Å²) in [6.45, 7) is 0. The lowest BCUT2D eigenvalue weighted by Gasteiger charge is -1.99. The lowest BCUT2D eigenvalue weighted by molar-refractivity contribution is 0.967. The zero-order valence-corrected chi connectivity index (χ0v) is 8.15. The highest BCUT2D eigenvalue weighted by molar-refractivity contribution is 14.1. The fraction of sp³-hybridized carbons (Fsp3) is 0.143. The van der Waals surface area contributed by atoms with Crippen LogP contribution >= 0.6 is 33.9 Å². The highest BCUT2D eigenvalue weighted by atomic mass is 127. The SMILES string of the molecule is C#CC(N)c1sccc1I. The van der Waals surface area contributed by atoms with Crippen LogP contribution in [0.5, 0.6) is 0 Å². The Kier molecular flexibility index (Phi) is 2.72. The van der Waals surface area contributed by atoms with Gasteiger partial charge in [0.05, 0.1) is 0 Å². The predicted molar refractivity (Wildman–Crippen MR) is 52.8 cm³/mol. The molecule has 0 amide bonds. The van der Waals surface area contributed by atoms with Crippen LogP contribution in [0.3, 0.4) is 0 Å². The maximum Gasteiger partial charge on any atom is 0.102 e. The average molecular weight is 263 g/mol. The number of hydrogen-bond acceptors (Lipinski definition) is 2. The maximum atomic E-state index is 5.61. The van der Waals surface area contributed by atoms with Crippen LogP contribution in [-0.2, 0) is 0 Å². The van der Waals surface area contributed by atoms with Crippen LogP contribution in [0.15, 0.2) is 11.4 Å². The van der Waals surface area contributed by atoms with Crippen LogP contribution in [0.2, 0.25) is 0 Å². The van der Waals surface area contributed by atoms with Crippen LogP contribution in [0.4, 0.5) is 0 Å². The summed E-state index contributed by atoms with van der Waals surface area (Å²) < 4.78 is 1.16. The molecule has 3 heteroatoms. The van der Waals surface area contributed by atoms with Crippen LogP contribution < -0.4 is 5.73 Å². The molecule has 1 nitrogen and oxygen atoms in total. The quantitative estimate of drug-likeness (QED) is 0.608. The van der Waals surface area contributed by atoms with Gasteiger partial charge in [-0.2, -0.15) is 0 Å². The molecule has 0 bridgehead atoms. The minimum Gasteiger partial charge on any atom is -0.313 e. The van der Waals surface area contributed by atoms with Crippen molar-refractivity contribution in [3.63, 3.8) is 0 Å². The van der Waals surface area contributed by atoms with Gasteiger partial charge in [0.1, 0.15) is 6.04 Å². The molecule has 0 aliphatic carbocycles. The normalized spacial score (nSPS) is 12.5. The second-order valence-electron chi connectivity index (χ2n) is 1.78. The van der Waals surface area contributed by atoms with Crippen molar-refractivity contribution in [2.75, 3.05) is 0 Å². The molecule has 1 aromatic rings. The van der Waals surface area contributed by atoms with Crippen molar-refractivity contribution in [3.05, 3.63) is 19.9 Å². The molecule has 52 valence electrons. The van der Waals surface area contributed by atoms with E-state index in [2.05, 4.69) is 28.5 Å². The van der Waals surface area contributed by atoms with Gasteiger partial charge in [-0.3, -0.25) is 0 Å². The van der Waals surface area contributed by atoms with Crippen molar-refractivity contribution < 1.29 is 0 Å². The fourth-order valence-corrected chi connectivity index (χ4v) is 2.49. The summed E-state index contributed by atoms with van der Waals surface area (Å²) >= 11 is 3.84. The van der Waals surface area contributed by atoms with Gasteiger partial charge in [-0.05, 0) is 34.0 Å². The molecule has 0 aliphatic rings. The van der Waals surface area contributed by atoms with Crippen molar-refractivity contribution in [1.29, 1.82) is 0 Å². The van der Waals surface area contributed by atoms with E-state index >= 15 is 0 Å². The van der Waals surface area contributed by atoms with Crippen molar-refractivity contribution in [2.24, 2.45) is 5.73 Å². The number of nitrogens with two attached hydrogens (primary N) is 1. The summed E-state index contributed by atoms with van der Waals surface area (Å²) in [5.74, 6) is 2.49. The Hall–Kier alpha value is -0.0500. The molecule has 0 aliphatic heterocycles. The summed E-state index contributed by atoms with van der Waals surface area (Å²) in [4.78, 5) is 1.09. The molecule has 0 aromatic carbocycles. The van der Waals surface area contributed by atoms with Crippen molar-refractivity contribution in [3.8, 4) is 12.3 Å². The van der Waals surface area contributed by atoms with Gasteiger partial charge in [0, 0.05) is 8.45 Å². The Morgan fingerprint density at radius 1 is 1.80 bits per heavy atom. The van der Waals surface area contributed by atoms with Crippen molar-refractivity contribution in [2.45, 2.75) is 6.04 Å². The molecule has 0 radical (unpaired) electrons. The minimum atomic E-state index is -0.230. The van der Waals surface area contributed by atoms with Crippen LogP contribution in [0.25, 0.3) is 0 Å². The lowest BCUT2D eigenvalue weighted by Crippen LogP contribution is -2.05. The molecule has 10 heavy (non-hydrogen) atoms. The highest BCUT2D eigenvalue weighted by Crippen LogP contribution is 2.23. The van der Waals surface area contributed by atoms with E-state index in [4.69, 9.17) is 12.2 Å². The van der Waals surface area contributed by atoms with Crippen molar-refractivity contribution in [1.82, 2.24) is 0 Å². The minimum absolute atomic E-state index is 0.230. The van der Waals surface area contributed by atoms with Crippen LogP contribution in [0, 0.1) is 15.9 Å². The third-order valence-corrected chi connectivity index (χ3v) is 3.41. The van der Waals surface area contributed by atoms with Crippen LogP contribution in [0.1, 0.15) is 10.9 Å². The maximum absolute atomic E-state index is 5.61. The zero-order valence-electron chi connectivity index (χ0n) is 5.17. The summed E-state index contributed by atoms with van der Waals surface area (Å²) in [5.41, 5.74) is 5.61. The Bertz CT molecular complexity index is 261. The monoisotopic (exact) mass is 263 g/mol. The second-order valence-corrected chi connectivity index (χ2v) is 3.89. The third kappa shape index (κ3) is 1.51. The molecule has 1 rings (SSSR count). The average Bonchev–Trinajstić information content (AvgIpc) is 2.34. The van der Waals surface area contributed by atoms with E-state index in [1.54, 1.807) is 11.3 Å². The van der Waals surface area contributed by atoms with Gasteiger partial charge in [0.25, 0.3) is 0 Å². The number of terminal acetylenes is 1. The Morgan fingerprint density at radius 3 is 2.90 bits per heavy atom. The topological polar surface area (TPSA) is 26.0 Å². The summed E-state index contributed by atoms with van der Waals surface area (Å²) in [6, 6.07) is 1.78.